The molecule has 0 spiro atoms. The standard InChI is InChI=1S/C18H27N3O2/c1-13(15-7-5-6-10-19-15)20-16(22)14-8-11-21(12-9-14)17(23)18(2,3)4/h5-7,10,13-14H,8-9,11-12H2,1-4H3,(H,20,22)/t13-/m0/s1. The fraction of sp³-hybridized carbons (Fsp3) is 0.611. The fourth-order valence-electron chi connectivity index (χ4n) is 2.86. The van der Waals surface area contributed by atoms with E-state index >= 15 is 0 Å². The Morgan fingerprint density at radius 3 is 2.43 bits per heavy atom. The highest BCUT2D eigenvalue weighted by Crippen LogP contribution is 2.24. The summed E-state index contributed by atoms with van der Waals surface area (Å²) in [7, 11) is 0. The monoisotopic (exact) mass is 317 g/mol. The summed E-state index contributed by atoms with van der Waals surface area (Å²) in [5.41, 5.74) is 0.504. The third-order valence-corrected chi connectivity index (χ3v) is 4.28. The summed E-state index contributed by atoms with van der Waals surface area (Å²) in [6, 6.07) is 5.59. The van der Waals surface area contributed by atoms with E-state index < -0.39 is 0 Å². The molecule has 1 saturated heterocycles. The summed E-state index contributed by atoms with van der Waals surface area (Å²) in [5, 5.41) is 3.04. The molecule has 0 saturated carbocycles. The summed E-state index contributed by atoms with van der Waals surface area (Å²) < 4.78 is 0. The topological polar surface area (TPSA) is 62.3 Å². The summed E-state index contributed by atoms with van der Waals surface area (Å²) >= 11 is 0. The minimum absolute atomic E-state index is 0.0230. The van der Waals surface area contributed by atoms with Gasteiger partial charge in [-0.25, -0.2) is 0 Å². The number of rotatable bonds is 3. The first kappa shape index (κ1) is 17.4. The maximum Gasteiger partial charge on any atom is 0.227 e. The van der Waals surface area contributed by atoms with Gasteiger partial charge in [0, 0.05) is 30.6 Å². The van der Waals surface area contributed by atoms with Gasteiger partial charge in [-0.3, -0.25) is 14.6 Å². The van der Waals surface area contributed by atoms with Crippen LogP contribution in [-0.4, -0.2) is 34.8 Å². The van der Waals surface area contributed by atoms with Crippen molar-refractivity contribution in [1.29, 1.82) is 0 Å². The number of nitrogens with zero attached hydrogens (tertiary/aromatic N) is 2. The van der Waals surface area contributed by atoms with E-state index in [-0.39, 0.29) is 29.2 Å². The zero-order valence-electron chi connectivity index (χ0n) is 14.5. The highest BCUT2D eigenvalue weighted by molar-refractivity contribution is 5.82. The molecule has 0 bridgehead atoms. The van der Waals surface area contributed by atoms with E-state index in [1.54, 1.807) is 6.20 Å². The van der Waals surface area contributed by atoms with Crippen molar-refractivity contribution in [3.05, 3.63) is 30.1 Å². The van der Waals surface area contributed by atoms with Crippen molar-refractivity contribution in [2.24, 2.45) is 11.3 Å². The molecular weight excluding hydrogens is 290 g/mol. The number of hydrogen-bond donors (Lipinski definition) is 1. The molecule has 1 fully saturated rings. The van der Waals surface area contributed by atoms with Gasteiger partial charge in [0.1, 0.15) is 0 Å². The Hall–Kier alpha value is -1.91. The van der Waals surface area contributed by atoms with Crippen molar-refractivity contribution in [3.8, 4) is 0 Å². The van der Waals surface area contributed by atoms with Crippen LogP contribution in [0.25, 0.3) is 0 Å². The third-order valence-electron chi connectivity index (χ3n) is 4.28. The minimum atomic E-state index is -0.359. The number of amides is 2. The van der Waals surface area contributed by atoms with Crippen LogP contribution < -0.4 is 5.32 Å². The molecule has 1 aliphatic rings. The smallest absolute Gasteiger partial charge is 0.227 e. The molecule has 2 heterocycles. The van der Waals surface area contributed by atoms with Gasteiger partial charge in [0.25, 0.3) is 0 Å². The van der Waals surface area contributed by atoms with Crippen molar-refractivity contribution in [1.82, 2.24) is 15.2 Å². The molecule has 2 amide bonds. The molecule has 0 aromatic carbocycles. The molecule has 126 valence electrons. The SMILES string of the molecule is C[C@H](NC(=O)C1CCN(C(=O)C(C)(C)C)CC1)c1ccccn1. The molecular formula is C18H27N3O2. The van der Waals surface area contributed by atoms with E-state index in [9.17, 15) is 9.59 Å². The van der Waals surface area contributed by atoms with Crippen molar-refractivity contribution >= 4 is 11.8 Å². The molecule has 0 radical (unpaired) electrons. The largest absolute Gasteiger partial charge is 0.348 e. The summed E-state index contributed by atoms with van der Waals surface area (Å²) in [6.07, 6.45) is 3.18. The second kappa shape index (κ2) is 7.11. The van der Waals surface area contributed by atoms with Crippen LogP contribution in [0.1, 0.15) is 52.3 Å². The van der Waals surface area contributed by atoms with Gasteiger partial charge in [0.15, 0.2) is 0 Å². The average molecular weight is 317 g/mol. The van der Waals surface area contributed by atoms with E-state index in [1.165, 1.54) is 0 Å². The lowest BCUT2D eigenvalue weighted by molar-refractivity contribution is -0.142. The molecule has 1 atom stereocenters. The molecule has 1 aromatic heterocycles. The number of piperidine rings is 1. The molecule has 1 aliphatic heterocycles. The van der Waals surface area contributed by atoms with Crippen molar-refractivity contribution in [2.75, 3.05) is 13.1 Å². The molecule has 5 nitrogen and oxygen atoms in total. The maximum atomic E-state index is 12.4. The predicted molar refractivity (Wildman–Crippen MR) is 89.6 cm³/mol. The average Bonchev–Trinajstić information content (AvgIpc) is 2.54. The summed E-state index contributed by atoms with van der Waals surface area (Å²) in [5.74, 6) is 0.203. The first-order chi connectivity index (χ1) is 10.8. The Kier molecular flexibility index (Phi) is 5.39. The van der Waals surface area contributed by atoms with Gasteiger partial charge in [-0.2, -0.15) is 0 Å². The summed E-state index contributed by atoms with van der Waals surface area (Å²) in [6.45, 7) is 9.06. The lowest BCUT2D eigenvalue weighted by Gasteiger charge is -2.35. The lowest BCUT2D eigenvalue weighted by Crippen LogP contribution is -2.46. The normalized spacial score (nSPS) is 17.7. The van der Waals surface area contributed by atoms with E-state index in [2.05, 4.69) is 10.3 Å². The lowest BCUT2D eigenvalue weighted by atomic mass is 9.90. The van der Waals surface area contributed by atoms with Gasteiger partial charge in [-0.05, 0) is 31.9 Å². The number of carbonyl (C=O) groups is 2. The Morgan fingerprint density at radius 2 is 1.91 bits per heavy atom. The minimum Gasteiger partial charge on any atom is -0.348 e. The van der Waals surface area contributed by atoms with Gasteiger partial charge in [0.2, 0.25) is 11.8 Å². The Bertz CT molecular complexity index is 543. The van der Waals surface area contributed by atoms with Crippen LogP contribution in [0.15, 0.2) is 24.4 Å². The summed E-state index contributed by atoms with van der Waals surface area (Å²) in [4.78, 5) is 30.8. The number of nitrogens with one attached hydrogen (secondary N) is 1. The number of carbonyl (C=O) groups excluding carboxylic acids is 2. The third kappa shape index (κ3) is 4.53. The highest BCUT2D eigenvalue weighted by Gasteiger charge is 2.32. The van der Waals surface area contributed by atoms with Crippen molar-refractivity contribution in [2.45, 2.75) is 46.6 Å². The molecule has 1 aromatic rings. The van der Waals surface area contributed by atoms with Crippen LogP contribution in [-0.2, 0) is 9.59 Å². The number of hydrogen-bond acceptors (Lipinski definition) is 3. The van der Waals surface area contributed by atoms with Gasteiger partial charge >= 0.3 is 0 Å². The van der Waals surface area contributed by atoms with Crippen LogP contribution in [0.4, 0.5) is 0 Å². The van der Waals surface area contributed by atoms with E-state index in [4.69, 9.17) is 0 Å². The van der Waals surface area contributed by atoms with Gasteiger partial charge in [0.05, 0.1) is 11.7 Å². The molecule has 1 N–H and O–H groups in total. The van der Waals surface area contributed by atoms with Crippen LogP contribution in [0, 0.1) is 11.3 Å². The second-order valence-corrected chi connectivity index (χ2v) is 7.30. The zero-order valence-corrected chi connectivity index (χ0v) is 14.5. The van der Waals surface area contributed by atoms with E-state index in [0.29, 0.717) is 13.1 Å². The zero-order chi connectivity index (χ0) is 17.0. The Labute approximate surface area is 138 Å². The molecule has 0 unspecified atom stereocenters. The second-order valence-electron chi connectivity index (χ2n) is 7.30. The first-order valence-corrected chi connectivity index (χ1v) is 8.29. The van der Waals surface area contributed by atoms with Crippen LogP contribution in [0.3, 0.4) is 0 Å². The van der Waals surface area contributed by atoms with Gasteiger partial charge < -0.3 is 10.2 Å². The quantitative estimate of drug-likeness (QED) is 0.932. The van der Waals surface area contributed by atoms with Crippen molar-refractivity contribution < 1.29 is 9.59 Å². The predicted octanol–water partition coefficient (Wildman–Crippen LogP) is 2.54. The van der Waals surface area contributed by atoms with Gasteiger partial charge in [-0.1, -0.05) is 26.8 Å². The number of likely N-dealkylation sites (tertiary alicyclic amines) is 1. The Balaban J connectivity index is 1.85. The molecule has 0 aliphatic carbocycles. The van der Waals surface area contributed by atoms with E-state index in [0.717, 1.165) is 18.5 Å². The Morgan fingerprint density at radius 1 is 1.26 bits per heavy atom. The fourth-order valence-corrected chi connectivity index (χ4v) is 2.86. The van der Waals surface area contributed by atoms with Gasteiger partial charge in [-0.15, -0.1) is 0 Å². The number of pyridine rings is 1. The molecule has 5 heteroatoms. The van der Waals surface area contributed by atoms with E-state index in [1.807, 2.05) is 50.8 Å². The first-order valence-electron chi connectivity index (χ1n) is 8.29. The van der Waals surface area contributed by atoms with Crippen LogP contribution in [0.5, 0.6) is 0 Å². The number of aromatic nitrogens is 1. The van der Waals surface area contributed by atoms with Crippen LogP contribution in [0.2, 0.25) is 0 Å². The molecule has 2 rings (SSSR count). The highest BCUT2D eigenvalue weighted by atomic mass is 16.2. The van der Waals surface area contributed by atoms with Crippen molar-refractivity contribution in [3.63, 3.8) is 0 Å². The van der Waals surface area contributed by atoms with Crippen LogP contribution >= 0.6 is 0 Å². The maximum absolute atomic E-state index is 12.4. The molecule has 23 heavy (non-hydrogen) atoms.